The van der Waals surface area contributed by atoms with Gasteiger partial charge in [-0.3, -0.25) is 4.72 Å². The maximum atomic E-state index is 12.9. The first-order valence-corrected chi connectivity index (χ1v) is 7.75. The van der Waals surface area contributed by atoms with Crippen LogP contribution in [0.25, 0.3) is 0 Å². The maximum Gasteiger partial charge on any atom is 0.262 e. The lowest BCUT2D eigenvalue weighted by atomic mass is 10.1. The van der Waals surface area contributed by atoms with Gasteiger partial charge in [0.25, 0.3) is 10.0 Å². The third-order valence-electron chi connectivity index (χ3n) is 3.18. The Bertz CT molecular complexity index is 755. The summed E-state index contributed by atoms with van der Waals surface area (Å²) in [4.78, 5) is -0.0100. The topological polar surface area (TPSA) is 55.4 Å². The highest BCUT2D eigenvalue weighted by molar-refractivity contribution is 7.92. The van der Waals surface area contributed by atoms with Crippen LogP contribution in [0, 0.1) is 19.7 Å². The van der Waals surface area contributed by atoms with Crippen molar-refractivity contribution in [2.45, 2.75) is 18.7 Å². The molecule has 0 aliphatic heterocycles. The molecule has 2 rings (SSSR count). The normalized spacial score (nSPS) is 11.2. The highest BCUT2D eigenvalue weighted by Crippen LogP contribution is 2.30. The van der Waals surface area contributed by atoms with Crippen LogP contribution in [0.15, 0.2) is 41.3 Å². The minimum absolute atomic E-state index is 0.0100. The van der Waals surface area contributed by atoms with Gasteiger partial charge in [0.05, 0.1) is 17.7 Å². The summed E-state index contributed by atoms with van der Waals surface area (Å²) in [6, 6.07) is 8.10. The maximum absolute atomic E-state index is 12.9. The van der Waals surface area contributed by atoms with E-state index in [0.717, 1.165) is 23.3 Å². The third-order valence-corrected chi connectivity index (χ3v) is 4.57. The van der Waals surface area contributed by atoms with Gasteiger partial charge in [-0.25, -0.2) is 12.8 Å². The van der Waals surface area contributed by atoms with E-state index < -0.39 is 15.8 Å². The Kier molecular flexibility index (Phi) is 4.18. The summed E-state index contributed by atoms with van der Waals surface area (Å²) in [7, 11) is -2.32. The summed E-state index contributed by atoms with van der Waals surface area (Å²) in [5.74, 6) is -0.0542. The van der Waals surface area contributed by atoms with Crippen LogP contribution in [0.3, 0.4) is 0 Å². The average molecular weight is 309 g/mol. The van der Waals surface area contributed by atoms with Crippen LogP contribution >= 0.6 is 0 Å². The molecule has 0 amide bonds. The monoisotopic (exact) mass is 309 g/mol. The van der Waals surface area contributed by atoms with Gasteiger partial charge in [-0.15, -0.1) is 0 Å². The number of hydrogen-bond donors (Lipinski definition) is 1. The minimum Gasteiger partial charge on any atom is -0.495 e. The molecule has 1 N–H and O–H groups in total. The molecular weight excluding hydrogens is 293 g/mol. The zero-order chi connectivity index (χ0) is 15.6. The molecule has 21 heavy (non-hydrogen) atoms. The lowest BCUT2D eigenvalue weighted by Gasteiger charge is -2.14. The van der Waals surface area contributed by atoms with Crippen molar-refractivity contribution >= 4 is 15.7 Å². The van der Waals surface area contributed by atoms with Crippen LogP contribution < -0.4 is 9.46 Å². The van der Waals surface area contributed by atoms with Crippen molar-refractivity contribution < 1.29 is 17.5 Å². The van der Waals surface area contributed by atoms with E-state index in [0.29, 0.717) is 11.4 Å². The Balaban J connectivity index is 2.41. The van der Waals surface area contributed by atoms with Crippen LogP contribution in [0.2, 0.25) is 0 Å². The van der Waals surface area contributed by atoms with Crippen LogP contribution in [-0.4, -0.2) is 15.5 Å². The number of sulfonamides is 1. The van der Waals surface area contributed by atoms with Gasteiger partial charge in [-0.05, 0) is 61.4 Å². The number of aryl methyl sites for hydroxylation is 2. The first-order chi connectivity index (χ1) is 9.83. The Morgan fingerprint density at radius 1 is 1.05 bits per heavy atom. The highest BCUT2D eigenvalue weighted by Gasteiger charge is 2.17. The van der Waals surface area contributed by atoms with Gasteiger partial charge in [0.2, 0.25) is 0 Å². The lowest BCUT2D eigenvalue weighted by molar-refractivity contribution is 0.416. The van der Waals surface area contributed by atoms with E-state index in [9.17, 15) is 12.8 Å². The molecule has 112 valence electrons. The Morgan fingerprint density at radius 3 is 2.19 bits per heavy atom. The Labute approximate surface area is 123 Å². The second-order valence-electron chi connectivity index (χ2n) is 4.70. The Morgan fingerprint density at radius 2 is 1.62 bits per heavy atom. The van der Waals surface area contributed by atoms with Crippen LogP contribution in [0.1, 0.15) is 11.1 Å². The second-order valence-corrected chi connectivity index (χ2v) is 6.38. The number of methoxy groups -OCH3 is 1. The van der Waals surface area contributed by atoms with Crippen molar-refractivity contribution in [3.63, 3.8) is 0 Å². The first kappa shape index (κ1) is 15.3. The number of halogens is 1. The number of ether oxygens (including phenoxy) is 1. The molecule has 0 aliphatic rings. The molecule has 0 saturated carbocycles. The largest absolute Gasteiger partial charge is 0.495 e. The van der Waals surface area contributed by atoms with Gasteiger partial charge in [-0.2, -0.15) is 0 Å². The fourth-order valence-corrected chi connectivity index (χ4v) is 2.92. The van der Waals surface area contributed by atoms with Crippen molar-refractivity contribution in [1.29, 1.82) is 0 Å². The highest BCUT2D eigenvalue weighted by atomic mass is 32.2. The third kappa shape index (κ3) is 3.33. The number of rotatable bonds is 4. The van der Waals surface area contributed by atoms with E-state index in [1.165, 1.54) is 19.2 Å². The van der Waals surface area contributed by atoms with E-state index in [1.807, 2.05) is 13.8 Å². The number of hydrogen-bond acceptors (Lipinski definition) is 3. The van der Waals surface area contributed by atoms with Crippen LogP contribution in [0.5, 0.6) is 5.75 Å². The minimum atomic E-state index is -3.79. The summed E-state index contributed by atoms with van der Waals surface area (Å²) in [5.41, 5.74) is 2.29. The molecule has 0 saturated heterocycles. The average Bonchev–Trinajstić information content (AvgIpc) is 2.42. The van der Waals surface area contributed by atoms with Crippen molar-refractivity contribution in [1.82, 2.24) is 0 Å². The summed E-state index contributed by atoms with van der Waals surface area (Å²) in [6.07, 6.45) is 0. The molecule has 0 aromatic heterocycles. The van der Waals surface area contributed by atoms with Crippen LogP contribution in [-0.2, 0) is 10.0 Å². The first-order valence-electron chi connectivity index (χ1n) is 6.27. The SMILES string of the molecule is COc1cc(C)c(C)cc1NS(=O)(=O)c1ccc(F)cc1. The summed E-state index contributed by atoms with van der Waals surface area (Å²) < 4.78 is 45.1. The molecule has 0 spiro atoms. The van der Waals surface area contributed by atoms with Gasteiger partial charge in [0, 0.05) is 0 Å². The molecule has 4 nitrogen and oxygen atoms in total. The van der Waals surface area contributed by atoms with Gasteiger partial charge < -0.3 is 4.74 Å². The van der Waals surface area contributed by atoms with Crippen molar-refractivity contribution in [2.75, 3.05) is 11.8 Å². The van der Waals surface area contributed by atoms with Crippen molar-refractivity contribution in [3.05, 3.63) is 53.3 Å². The molecule has 2 aromatic carbocycles. The summed E-state index contributed by atoms with van der Waals surface area (Å²) in [5, 5.41) is 0. The number of benzene rings is 2. The van der Waals surface area contributed by atoms with E-state index in [2.05, 4.69) is 4.72 Å². The van der Waals surface area contributed by atoms with Gasteiger partial charge >= 0.3 is 0 Å². The van der Waals surface area contributed by atoms with Gasteiger partial charge in [-0.1, -0.05) is 0 Å². The molecule has 0 radical (unpaired) electrons. The molecule has 2 aromatic rings. The molecule has 6 heteroatoms. The van der Waals surface area contributed by atoms with Crippen LogP contribution in [0.4, 0.5) is 10.1 Å². The second kappa shape index (κ2) is 5.73. The van der Waals surface area contributed by atoms with Crippen molar-refractivity contribution in [3.8, 4) is 5.75 Å². The number of nitrogens with one attached hydrogen (secondary N) is 1. The molecule has 0 fully saturated rings. The van der Waals surface area contributed by atoms with Crippen molar-refractivity contribution in [2.24, 2.45) is 0 Å². The predicted molar refractivity (Wildman–Crippen MR) is 79.7 cm³/mol. The molecule has 0 atom stereocenters. The summed E-state index contributed by atoms with van der Waals surface area (Å²) in [6.45, 7) is 3.79. The van der Waals surface area contributed by atoms with E-state index >= 15 is 0 Å². The lowest BCUT2D eigenvalue weighted by Crippen LogP contribution is -2.14. The van der Waals surface area contributed by atoms with Gasteiger partial charge in [0.1, 0.15) is 11.6 Å². The zero-order valence-electron chi connectivity index (χ0n) is 12.0. The fraction of sp³-hybridized carbons (Fsp3) is 0.200. The molecule has 0 bridgehead atoms. The van der Waals surface area contributed by atoms with E-state index in [1.54, 1.807) is 12.1 Å². The molecular formula is C15H16FNO3S. The molecule has 0 unspecified atom stereocenters. The van der Waals surface area contributed by atoms with E-state index in [-0.39, 0.29) is 4.90 Å². The fourth-order valence-electron chi connectivity index (χ4n) is 1.86. The smallest absolute Gasteiger partial charge is 0.262 e. The molecule has 0 aliphatic carbocycles. The predicted octanol–water partition coefficient (Wildman–Crippen LogP) is 3.25. The standard InChI is InChI=1S/C15H16FNO3S/c1-10-8-14(15(20-3)9-11(10)2)17-21(18,19)13-6-4-12(16)5-7-13/h4-9,17H,1-3H3. The Hall–Kier alpha value is -2.08. The molecule has 0 heterocycles. The quantitative estimate of drug-likeness (QED) is 0.943. The van der Waals surface area contributed by atoms with E-state index in [4.69, 9.17) is 4.74 Å². The summed E-state index contributed by atoms with van der Waals surface area (Å²) >= 11 is 0. The van der Waals surface area contributed by atoms with Gasteiger partial charge in [0.15, 0.2) is 0 Å². The zero-order valence-corrected chi connectivity index (χ0v) is 12.8. The number of anilines is 1.